The Kier molecular flexibility index (Phi) is 5.06. The van der Waals surface area contributed by atoms with Crippen LogP contribution in [0.5, 0.6) is 5.75 Å². The first-order valence-electron chi connectivity index (χ1n) is 10.5. The highest BCUT2D eigenvalue weighted by Gasteiger charge is 2.45. The summed E-state index contributed by atoms with van der Waals surface area (Å²) in [6, 6.07) is 12.3. The van der Waals surface area contributed by atoms with Crippen molar-refractivity contribution in [3.05, 3.63) is 86.2 Å². The molecule has 0 N–H and O–H groups in total. The second-order valence-electron chi connectivity index (χ2n) is 7.94. The van der Waals surface area contributed by atoms with E-state index in [2.05, 4.69) is 4.98 Å². The fourth-order valence-corrected chi connectivity index (χ4v) is 4.87. The molecule has 0 spiro atoms. The molecule has 1 aliphatic rings. The molecule has 0 fully saturated rings. The van der Waals surface area contributed by atoms with Gasteiger partial charge in [0.2, 0.25) is 5.76 Å². The van der Waals surface area contributed by atoms with E-state index in [9.17, 15) is 9.59 Å². The first kappa shape index (κ1) is 20.5. The van der Waals surface area contributed by atoms with E-state index in [0.717, 1.165) is 23.2 Å². The van der Waals surface area contributed by atoms with Crippen LogP contribution in [0.4, 0.5) is 5.13 Å². The second kappa shape index (κ2) is 7.91. The van der Waals surface area contributed by atoms with Gasteiger partial charge in [-0.1, -0.05) is 30.7 Å². The summed E-state index contributed by atoms with van der Waals surface area (Å²) in [6.45, 7) is 6.43. The minimum absolute atomic E-state index is 0.0732. The summed E-state index contributed by atoms with van der Waals surface area (Å²) in [5.74, 6) is 0.407. The Balaban J connectivity index is 1.76. The third-order valence-electron chi connectivity index (χ3n) is 5.49. The van der Waals surface area contributed by atoms with Gasteiger partial charge in [-0.25, -0.2) is 4.98 Å². The van der Waals surface area contributed by atoms with E-state index >= 15 is 0 Å². The van der Waals surface area contributed by atoms with Gasteiger partial charge in [0, 0.05) is 5.38 Å². The summed E-state index contributed by atoms with van der Waals surface area (Å²) in [6.07, 6.45) is 0.883. The van der Waals surface area contributed by atoms with Crippen molar-refractivity contribution in [1.29, 1.82) is 0 Å². The smallest absolute Gasteiger partial charge is 0.297 e. The monoisotopic (exact) mass is 446 g/mol. The molecule has 32 heavy (non-hydrogen) atoms. The molecule has 6 nitrogen and oxygen atoms in total. The molecule has 7 heteroatoms. The molecule has 1 amide bonds. The number of benzene rings is 2. The molecule has 3 heterocycles. The van der Waals surface area contributed by atoms with Crippen LogP contribution >= 0.6 is 11.3 Å². The Bertz CT molecular complexity index is 1400. The van der Waals surface area contributed by atoms with E-state index in [1.807, 2.05) is 56.5 Å². The summed E-state index contributed by atoms with van der Waals surface area (Å²) in [7, 11) is 0. The topological polar surface area (TPSA) is 72.6 Å². The number of hydrogen-bond acceptors (Lipinski definition) is 6. The van der Waals surface area contributed by atoms with Gasteiger partial charge in [0.1, 0.15) is 11.3 Å². The zero-order valence-electron chi connectivity index (χ0n) is 18.0. The zero-order valence-corrected chi connectivity index (χ0v) is 18.9. The minimum Gasteiger partial charge on any atom is -0.494 e. The molecule has 4 aromatic rings. The molecule has 5 rings (SSSR count). The van der Waals surface area contributed by atoms with Crippen LogP contribution in [0.1, 0.15) is 52.3 Å². The third-order valence-corrected chi connectivity index (χ3v) is 6.44. The molecular weight excluding hydrogens is 424 g/mol. The number of aromatic nitrogens is 1. The fraction of sp³-hybridized carbons (Fsp3) is 0.240. The second-order valence-corrected chi connectivity index (χ2v) is 8.78. The SMILES string of the molecule is CCCOc1cccc(C2c3c(oc4ccc(C)cc4c3=O)C(=O)N2c2nc(C)cs2)c1. The molecule has 162 valence electrons. The lowest BCUT2D eigenvalue weighted by Crippen LogP contribution is -2.29. The number of carbonyl (C=O) groups is 1. The average Bonchev–Trinajstić information content (AvgIpc) is 3.34. The number of thiazole rings is 1. The van der Waals surface area contributed by atoms with Gasteiger partial charge in [-0.15, -0.1) is 11.3 Å². The summed E-state index contributed by atoms with van der Waals surface area (Å²) in [5.41, 5.74) is 3.09. The maximum Gasteiger partial charge on any atom is 0.297 e. The Morgan fingerprint density at radius 2 is 2.00 bits per heavy atom. The van der Waals surface area contributed by atoms with Gasteiger partial charge >= 0.3 is 0 Å². The number of anilines is 1. The van der Waals surface area contributed by atoms with Gasteiger partial charge in [-0.2, -0.15) is 0 Å². The number of rotatable bonds is 5. The van der Waals surface area contributed by atoms with E-state index in [-0.39, 0.29) is 17.1 Å². The maximum absolute atomic E-state index is 13.7. The highest BCUT2D eigenvalue weighted by Crippen LogP contribution is 2.42. The first-order chi connectivity index (χ1) is 15.5. The predicted octanol–water partition coefficient (Wildman–Crippen LogP) is 5.40. The van der Waals surface area contributed by atoms with Crippen LogP contribution in [-0.2, 0) is 0 Å². The quantitative estimate of drug-likeness (QED) is 0.410. The van der Waals surface area contributed by atoms with Gasteiger partial charge in [0.05, 0.1) is 29.3 Å². The van der Waals surface area contributed by atoms with Crippen molar-refractivity contribution in [3.63, 3.8) is 0 Å². The molecule has 2 aromatic carbocycles. The van der Waals surface area contributed by atoms with Gasteiger partial charge in [-0.3, -0.25) is 14.5 Å². The lowest BCUT2D eigenvalue weighted by Gasteiger charge is -2.23. The van der Waals surface area contributed by atoms with Crippen LogP contribution < -0.4 is 15.1 Å². The first-order valence-corrected chi connectivity index (χ1v) is 11.4. The summed E-state index contributed by atoms with van der Waals surface area (Å²) in [4.78, 5) is 33.3. The number of carbonyl (C=O) groups excluding carboxylic acids is 1. The van der Waals surface area contributed by atoms with Crippen LogP contribution in [0.3, 0.4) is 0 Å². The van der Waals surface area contributed by atoms with Crippen molar-refractivity contribution in [3.8, 4) is 5.75 Å². The Hall–Kier alpha value is -3.45. The van der Waals surface area contributed by atoms with E-state index in [0.29, 0.717) is 34.0 Å². The summed E-state index contributed by atoms with van der Waals surface area (Å²) in [5, 5.41) is 2.89. The predicted molar refractivity (Wildman–Crippen MR) is 125 cm³/mol. The largest absolute Gasteiger partial charge is 0.494 e. The number of ether oxygens (including phenoxy) is 1. The van der Waals surface area contributed by atoms with Crippen molar-refractivity contribution >= 4 is 33.3 Å². The third kappa shape index (κ3) is 3.29. The van der Waals surface area contributed by atoms with Crippen molar-refractivity contribution in [2.45, 2.75) is 33.2 Å². The summed E-state index contributed by atoms with van der Waals surface area (Å²) < 4.78 is 11.8. The molecule has 0 aliphatic carbocycles. The van der Waals surface area contributed by atoms with Crippen molar-refractivity contribution in [2.75, 3.05) is 11.5 Å². The lowest BCUT2D eigenvalue weighted by atomic mass is 9.98. The van der Waals surface area contributed by atoms with E-state index in [1.165, 1.54) is 11.3 Å². The molecule has 0 radical (unpaired) electrons. The Labute approximate surface area is 189 Å². The van der Waals surface area contributed by atoms with Crippen LogP contribution in [0.25, 0.3) is 11.0 Å². The Morgan fingerprint density at radius 3 is 2.75 bits per heavy atom. The van der Waals surface area contributed by atoms with Crippen LogP contribution in [0.2, 0.25) is 0 Å². The van der Waals surface area contributed by atoms with Gasteiger partial charge in [0.25, 0.3) is 5.91 Å². The van der Waals surface area contributed by atoms with E-state index < -0.39 is 6.04 Å². The van der Waals surface area contributed by atoms with Gasteiger partial charge < -0.3 is 9.15 Å². The molecule has 2 aromatic heterocycles. The van der Waals surface area contributed by atoms with Crippen LogP contribution in [0.15, 0.2) is 57.1 Å². The highest BCUT2D eigenvalue weighted by atomic mass is 32.1. The molecule has 1 atom stereocenters. The maximum atomic E-state index is 13.7. The van der Waals surface area contributed by atoms with Crippen LogP contribution in [-0.4, -0.2) is 17.5 Å². The summed E-state index contributed by atoms with van der Waals surface area (Å²) >= 11 is 1.37. The molecule has 0 bridgehead atoms. The molecule has 1 aliphatic heterocycles. The van der Waals surface area contributed by atoms with Crippen molar-refractivity contribution in [1.82, 2.24) is 4.98 Å². The highest BCUT2D eigenvalue weighted by molar-refractivity contribution is 7.14. The standard InChI is InChI=1S/C25H22N2O4S/c1-4-10-30-17-7-5-6-16(12-17)21-20-22(28)18-11-14(2)8-9-19(18)31-23(20)24(29)27(21)25-26-15(3)13-32-25/h5-9,11-13,21H,4,10H2,1-3H3. The van der Waals surface area contributed by atoms with E-state index in [4.69, 9.17) is 9.15 Å². The van der Waals surface area contributed by atoms with Gasteiger partial charge in [-0.05, 0) is 50.1 Å². The lowest BCUT2D eigenvalue weighted by molar-refractivity contribution is 0.0971. The minimum atomic E-state index is -0.644. The van der Waals surface area contributed by atoms with Crippen molar-refractivity contribution < 1.29 is 13.9 Å². The fourth-order valence-electron chi connectivity index (χ4n) is 4.05. The number of amides is 1. The normalized spacial score (nSPS) is 15.4. The van der Waals surface area contributed by atoms with Crippen molar-refractivity contribution in [2.24, 2.45) is 0 Å². The molecule has 0 saturated heterocycles. The number of hydrogen-bond donors (Lipinski definition) is 0. The molecule has 0 saturated carbocycles. The Morgan fingerprint density at radius 1 is 1.16 bits per heavy atom. The molecular formula is C25H22N2O4S. The van der Waals surface area contributed by atoms with Gasteiger partial charge in [0.15, 0.2) is 10.6 Å². The number of fused-ring (bicyclic) bond motifs is 2. The number of aryl methyl sites for hydroxylation is 2. The van der Waals surface area contributed by atoms with E-state index in [1.54, 1.807) is 17.0 Å². The van der Waals surface area contributed by atoms with Crippen LogP contribution in [0, 0.1) is 13.8 Å². The number of nitrogens with zero attached hydrogens (tertiary/aromatic N) is 2. The molecule has 1 unspecified atom stereocenters. The average molecular weight is 447 g/mol. The zero-order chi connectivity index (χ0) is 22.4.